The van der Waals surface area contributed by atoms with Gasteiger partial charge < -0.3 is 9.47 Å². The van der Waals surface area contributed by atoms with Gasteiger partial charge in [0.25, 0.3) is 0 Å². The van der Waals surface area contributed by atoms with Crippen molar-refractivity contribution in [3.8, 4) is 11.5 Å². The molecule has 0 spiro atoms. The van der Waals surface area contributed by atoms with Crippen LogP contribution in [0.15, 0.2) is 54.6 Å². The van der Waals surface area contributed by atoms with Crippen LogP contribution in [0.4, 0.5) is 0 Å². The van der Waals surface area contributed by atoms with Gasteiger partial charge in [-0.3, -0.25) is 0 Å². The van der Waals surface area contributed by atoms with Crippen molar-refractivity contribution in [3.05, 3.63) is 60.2 Å². The number of benzene rings is 2. The molecule has 0 fully saturated rings. The first-order valence-corrected chi connectivity index (χ1v) is 5.89. The average molecular weight is 263 g/mol. The second-order valence-corrected chi connectivity index (χ2v) is 3.70. The van der Waals surface area contributed by atoms with Crippen molar-refractivity contribution in [2.45, 2.75) is 0 Å². The van der Waals surface area contributed by atoms with E-state index in [0.717, 1.165) is 5.75 Å². The lowest BCUT2D eigenvalue weighted by atomic mass is 10.2. The number of alkyl halides is 1. The lowest BCUT2D eigenvalue weighted by Gasteiger charge is -2.06. The Kier molecular flexibility index (Phi) is 4.20. The maximum Gasteiger partial charge on any atom is 0.339 e. The van der Waals surface area contributed by atoms with E-state index in [9.17, 15) is 4.79 Å². The highest BCUT2D eigenvalue weighted by Crippen LogP contribution is 2.21. The number of hydrogen-bond acceptors (Lipinski definition) is 3. The molecule has 3 nitrogen and oxygen atoms in total. The van der Waals surface area contributed by atoms with Gasteiger partial charge in [-0.25, -0.2) is 4.79 Å². The van der Waals surface area contributed by atoms with Gasteiger partial charge in [0.15, 0.2) is 6.07 Å². The summed E-state index contributed by atoms with van der Waals surface area (Å²) in [5.41, 5.74) is 0.441. The summed E-state index contributed by atoms with van der Waals surface area (Å²) in [5, 5.41) is 0. The van der Waals surface area contributed by atoms with Crippen molar-refractivity contribution in [1.29, 1.82) is 0 Å². The lowest BCUT2D eigenvalue weighted by Crippen LogP contribution is -2.03. The smallest absolute Gasteiger partial charge is 0.339 e. The van der Waals surface area contributed by atoms with Crippen LogP contribution in [0.1, 0.15) is 10.4 Å². The van der Waals surface area contributed by atoms with Gasteiger partial charge in [0.2, 0.25) is 0 Å². The van der Waals surface area contributed by atoms with Crippen molar-refractivity contribution in [3.63, 3.8) is 0 Å². The predicted octanol–water partition coefficient (Wildman–Crippen LogP) is 3.83. The average Bonchev–Trinajstić information content (AvgIpc) is 2.41. The van der Waals surface area contributed by atoms with Crippen molar-refractivity contribution >= 4 is 17.6 Å². The summed E-state index contributed by atoms with van der Waals surface area (Å²) in [6, 6.07) is 15.9. The van der Waals surface area contributed by atoms with E-state index in [0.29, 0.717) is 11.3 Å². The molecule has 0 atom stereocenters. The Bertz CT molecular complexity index is 508. The zero-order chi connectivity index (χ0) is 12.8. The molecule has 0 heterocycles. The van der Waals surface area contributed by atoms with Crippen molar-refractivity contribution in [2.75, 3.05) is 6.07 Å². The Hall–Kier alpha value is -2.00. The zero-order valence-electron chi connectivity index (χ0n) is 9.51. The van der Waals surface area contributed by atoms with E-state index in [4.69, 9.17) is 16.3 Å². The molecule has 0 aliphatic rings. The Labute approximate surface area is 110 Å². The molecule has 18 heavy (non-hydrogen) atoms. The molecule has 0 saturated carbocycles. The molecule has 0 unspecified atom stereocenters. The first-order chi connectivity index (χ1) is 8.79. The van der Waals surface area contributed by atoms with Crippen LogP contribution >= 0.6 is 11.6 Å². The van der Waals surface area contributed by atoms with E-state index < -0.39 is 5.97 Å². The van der Waals surface area contributed by atoms with E-state index in [2.05, 4.69) is 4.74 Å². The molecular formula is C14H11ClO3. The summed E-state index contributed by atoms with van der Waals surface area (Å²) >= 11 is 5.32. The number of hydrogen-bond donors (Lipinski definition) is 0. The summed E-state index contributed by atoms with van der Waals surface area (Å²) in [4.78, 5) is 11.4. The van der Waals surface area contributed by atoms with Gasteiger partial charge in [-0.15, -0.1) is 0 Å². The van der Waals surface area contributed by atoms with Crippen LogP contribution in [0.25, 0.3) is 0 Å². The summed E-state index contributed by atoms with van der Waals surface area (Å²) in [7, 11) is 0. The molecule has 0 amide bonds. The van der Waals surface area contributed by atoms with Gasteiger partial charge in [0.1, 0.15) is 11.5 Å². The molecule has 0 N–H and O–H groups in total. The van der Waals surface area contributed by atoms with E-state index in [-0.39, 0.29) is 6.07 Å². The highest BCUT2D eigenvalue weighted by atomic mass is 35.5. The SMILES string of the molecule is O=C(OCCl)c1ccc(Oc2ccccc2)cc1. The molecule has 2 rings (SSSR count). The maximum atomic E-state index is 11.4. The monoisotopic (exact) mass is 262 g/mol. The van der Waals surface area contributed by atoms with E-state index in [1.807, 2.05) is 30.3 Å². The molecule has 0 aliphatic heterocycles. The number of esters is 1. The Morgan fingerprint density at radius 2 is 1.56 bits per heavy atom. The standard InChI is InChI=1S/C14H11ClO3/c15-10-17-14(16)11-6-8-13(9-7-11)18-12-4-2-1-3-5-12/h1-9H,10H2. The lowest BCUT2D eigenvalue weighted by molar-refractivity contribution is 0.0574. The molecular weight excluding hydrogens is 252 g/mol. The molecule has 0 saturated heterocycles. The molecule has 92 valence electrons. The topological polar surface area (TPSA) is 35.5 Å². The molecule has 0 aromatic heterocycles. The third-order valence-electron chi connectivity index (χ3n) is 2.25. The highest BCUT2D eigenvalue weighted by Gasteiger charge is 2.06. The number of carbonyl (C=O) groups excluding carboxylic acids is 1. The van der Waals surface area contributed by atoms with Gasteiger partial charge in [0, 0.05) is 0 Å². The van der Waals surface area contributed by atoms with Crippen molar-refractivity contribution in [2.24, 2.45) is 0 Å². The maximum absolute atomic E-state index is 11.4. The Morgan fingerprint density at radius 3 is 2.17 bits per heavy atom. The minimum absolute atomic E-state index is 0.152. The number of carbonyl (C=O) groups is 1. The third kappa shape index (κ3) is 3.25. The fourth-order valence-corrected chi connectivity index (χ4v) is 1.52. The van der Waals surface area contributed by atoms with Crippen LogP contribution in [0.3, 0.4) is 0 Å². The van der Waals surface area contributed by atoms with Gasteiger partial charge >= 0.3 is 5.97 Å². The van der Waals surface area contributed by atoms with Crippen LogP contribution in [-0.2, 0) is 4.74 Å². The van der Waals surface area contributed by atoms with Crippen LogP contribution in [0.2, 0.25) is 0 Å². The summed E-state index contributed by atoms with van der Waals surface area (Å²) in [5.74, 6) is 0.952. The quantitative estimate of drug-likeness (QED) is 0.620. The van der Waals surface area contributed by atoms with E-state index in [1.54, 1.807) is 24.3 Å². The molecule has 0 aliphatic carbocycles. The zero-order valence-corrected chi connectivity index (χ0v) is 10.3. The van der Waals surface area contributed by atoms with Gasteiger partial charge in [-0.05, 0) is 36.4 Å². The summed E-state index contributed by atoms with van der Waals surface area (Å²) in [6.45, 7) is 0. The molecule has 2 aromatic carbocycles. The number of para-hydroxylation sites is 1. The van der Waals surface area contributed by atoms with Gasteiger partial charge in [0.05, 0.1) is 5.56 Å². The molecule has 0 bridgehead atoms. The fraction of sp³-hybridized carbons (Fsp3) is 0.0714. The van der Waals surface area contributed by atoms with Crippen LogP contribution in [0.5, 0.6) is 11.5 Å². The van der Waals surface area contributed by atoms with E-state index >= 15 is 0 Å². The number of halogens is 1. The predicted molar refractivity (Wildman–Crippen MR) is 69.1 cm³/mol. The number of ether oxygens (including phenoxy) is 2. The molecule has 2 aromatic rings. The summed E-state index contributed by atoms with van der Waals surface area (Å²) < 4.78 is 10.3. The minimum Gasteiger partial charge on any atom is -0.457 e. The third-order valence-corrected chi connectivity index (χ3v) is 2.36. The molecule has 0 radical (unpaired) electrons. The van der Waals surface area contributed by atoms with Crippen LogP contribution in [-0.4, -0.2) is 12.0 Å². The fourth-order valence-electron chi connectivity index (χ4n) is 1.42. The van der Waals surface area contributed by atoms with Crippen LogP contribution in [0, 0.1) is 0 Å². The largest absolute Gasteiger partial charge is 0.457 e. The van der Waals surface area contributed by atoms with E-state index in [1.165, 1.54) is 0 Å². The molecule has 4 heteroatoms. The van der Waals surface area contributed by atoms with Crippen molar-refractivity contribution < 1.29 is 14.3 Å². The highest BCUT2D eigenvalue weighted by molar-refractivity contribution is 6.17. The summed E-state index contributed by atoms with van der Waals surface area (Å²) in [6.07, 6.45) is 0. The van der Waals surface area contributed by atoms with Crippen LogP contribution < -0.4 is 4.74 Å². The Balaban J connectivity index is 2.06. The minimum atomic E-state index is -0.448. The normalized spacial score (nSPS) is 9.83. The van der Waals surface area contributed by atoms with Gasteiger partial charge in [-0.2, -0.15) is 0 Å². The second kappa shape index (κ2) is 6.07. The Morgan fingerprint density at radius 1 is 0.944 bits per heavy atom. The first kappa shape index (κ1) is 12.5. The van der Waals surface area contributed by atoms with Crippen molar-refractivity contribution in [1.82, 2.24) is 0 Å². The number of rotatable bonds is 4. The second-order valence-electron chi connectivity index (χ2n) is 3.48. The van der Waals surface area contributed by atoms with Gasteiger partial charge in [-0.1, -0.05) is 29.8 Å². The first-order valence-electron chi connectivity index (χ1n) is 5.35.